The zero-order chi connectivity index (χ0) is 15.7. The van der Waals surface area contributed by atoms with E-state index >= 15 is 0 Å². The molecule has 0 bridgehead atoms. The van der Waals surface area contributed by atoms with Crippen molar-refractivity contribution in [3.8, 4) is 11.5 Å². The van der Waals surface area contributed by atoms with Crippen molar-refractivity contribution >= 4 is 5.78 Å². The van der Waals surface area contributed by atoms with Crippen LogP contribution in [0.3, 0.4) is 0 Å². The van der Waals surface area contributed by atoms with Crippen LogP contribution in [0.15, 0.2) is 12.1 Å². The van der Waals surface area contributed by atoms with Crippen molar-refractivity contribution in [2.75, 3.05) is 6.54 Å². The summed E-state index contributed by atoms with van der Waals surface area (Å²) < 4.78 is 5.92. The predicted molar refractivity (Wildman–Crippen MR) is 80.2 cm³/mol. The number of nitrogens with one attached hydrogen (secondary N) is 1. The van der Waals surface area contributed by atoms with Crippen LogP contribution in [0.5, 0.6) is 11.5 Å². The van der Waals surface area contributed by atoms with Gasteiger partial charge in [0.1, 0.15) is 0 Å². The van der Waals surface area contributed by atoms with Crippen LogP contribution in [-0.4, -0.2) is 40.3 Å². The number of carbonyl (C=O) groups is 1. The summed E-state index contributed by atoms with van der Waals surface area (Å²) in [5, 5.41) is 25.0. The number of phenolic OH excluding ortho intramolecular Hbond substituents is 1. The van der Waals surface area contributed by atoms with Crippen LogP contribution in [0, 0.1) is 6.92 Å². The maximum absolute atomic E-state index is 12.5. The number of ether oxygens (including phenoxy) is 1. The van der Waals surface area contributed by atoms with Gasteiger partial charge in [-0.2, -0.15) is 0 Å². The first kappa shape index (κ1) is 14.0. The predicted octanol–water partition coefficient (Wildman–Crippen LogP) is 1.18. The molecule has 1 aromatic carbocycles. The second kappa shape index (κ2) is 4.24. The standard InChI is InChI=1S/C17H21NO4/c1-9-3-4-11(19)14-13(9)16-7-8-18-10(2)17(16,21)6-5-12(20)15(16)22-14/h3-4,10,15,18-19,21H,5-8H2,1-2H3/t10-,15+,16+,17?/m1/s1. The van der Waals surface area contributed by atoms with E-state index in [-0.39, 0.29) is 17.6 Å². The molecule has 4 atom stereocenters. The summed E-state index contributed by atoms with van der Waals surface area (Å²) >= 11 is 0. The van der Waals surface area contributed by atoms with E-state index in [9.17, 15) is 15.0 Å². The zero-order valence-corrected chi connectivity index (χ0v) is 12.8. The molecule has 0 aromatic heterocycles. The lowest BCUT2D eigenvalue weighted by atomic mass is 9.53. The van der Waals surface area contributed by atoms with Gasteiger partial charge < -0.3 is 20.3 Å². The number of aryl methyl sites for hydroxylation is 1. The molecule has 0 radical (unpaired) electrons. The fourth-order valence-corrected chi connectivity index (χ4v) is 4.88. The van der Waals surface area contributed by atoms with E-state index in [2.05, 4.69) is 5.32 Å². The number of rotatable bonds is 0. The molecule has 1 aliphatic carbocycles. The number of hydrogen-bond acceptors (Lipinski definition) is 5. The second-order valence-corrected chi connectivity index (χ2v) is 6.89. The van der Waals surface area contributed by atoms with Crippen LogP contribution in [0.4, 0.5) is 0 Å². The van der Waals surface area contributed by atoms with Gasteiger partial charge in [-0.05, 0) is 44.9 Å². The molecule has 22 heavy (non-hydrogen) atoms. The van der Waals surface area contributed by atoms with Crippen molar-refractivity contribution in [1.82, 2.24) is 5.32 Å². The number of aliphatic hydroxyl groups is 1. The van der Waals surface area contributed by atoms with Gasteiger partial charge in [0.2, 0.25) is 0 Å². The van der Waals surface area contributed by atoms with Crippen molar-refractivity contribution < 1.29 is 19.7 Å². The van der Waals surface area contributed by atoms with Crippen LogP contribution >= 0.6 is 0 Å². The third-order valence-electron chi connectivity index (χ3n) is 5.98. The first-order valence-corrected chi connectivity index (χ1v) is 7.90. The number of aromatic hydroxyl groups is 1. The van der Waals surface area contributed by atoms with E-state index in [1.807, 2.05) is 19.9 Å². The summed E-state index contributed by atoms with van der Waals surface area (Å²) in [5.41, 5.74) is -0.0300. The summed E-state index contributed by atoms with van der Waals surface area (Å²) in [6.45, 7) is 4.63. The quantitative estimate of drug-likeness (QED) is 0.671. The van der Waals surface area contributed by atoms with E-state index in [4.69, 9.17) is 4.74 Å². The Morgan fingerprint density at radius 2 is 2.14 bits per heavy atom. The van der Waals surface area contributed by atoms with E-state index in [1.165, 1.54) is 0 Å². The van der Waals surface area contributed by atoms with Crippen LogP contribution < -0.4 is 10.1 Å². The highest BCUT2D eigenvalue weighted by Gasteiger charge is 2.69. The van der Waals surface area contributed by atoms with Gasteiger partial charge in [0.05, 0.1) is 11.0 Å². The SMILES string of the molecule is Cc1ccc(O)c2c1[C@]13CCN[C@H](C)C1(O)CCC(=O)[C@@H]3O2. The van der Waals surface area contributed by atoms with E-state index in [0.717, 1.165) is 11.1 Å². The summed E-state index contributed by atoms with van der Waals surface area (Å²) in [6.07, 6.45) is 0.663. The Kier molecular flexibility index (Phi) is 2.70. The first-order chi connectivity index (χ1) is 10.4. The van der Waals surface area contributed by atoms with Gasteiger partial charge in [0.15, 0.2) is 23.4 Å². The Hall–Kier alpha value is -1.59. The molecule has 2 fully saturated rings. The molecular weight excluding hydrogens is 282 g/mol. The van der Waals surface area contributed by atoms with Gasteiger partial charge in [0, 0.05) is 18.0 Å². The van der Waals surface area contributed by atoms with Crippen molar-refractivity contribution in [2.45, 2.75) is 56.3 Å². The van der Waals surface area contributed by atoms with Crippen LogP contribution in [0.2, 0.25) is 0 Å². The number of fused-ring (bicyclic) bond motifs is 1. The molecule has 1 aromatic rings. The molecule has 1 saturated heterocycles. The van der Waals surface area contributed by atoms with E-state index in [1.54, 1.807) is 6.07 Å². The third kappa shape index (κ3) is 1.39. The largest absolute Gasteiger partial charge is 0.504 e. The molecule has 5 heteroatoms. The van der Waals surface area contributed by atoms with Crippen molar-refractivity contribution in [1.29, 1.82) is 0 Å². The Morgan fingerprint density at radius 3 is 2.91 bits per heavy atom. The highest BCUT2D eigenvalue weighted by Crippen LogP contribution is 2.60. The third-order valence-corrected chi connectivity index (χ3v) is 5.98. The molecular formula is C17H21NO4. The van der Waals surface area contributed by atoms with Crippen molar-refractivity contribution in [3.05, 3.63) is 23.3 Å². The number of piperidine rings is 1. The average molecular weight is 303 g/mol. The van der Waals surface area contributed by atoms with E-state index in [0.29, 0.717) is 31.6 Å². The van der Waals surface area contributed by atoms with Crippen LogP contribution in [0.25, 0.3) is 0 Å². The Bertz CT molecular complexity index is 673. The van der Waals surface area contributed by atoms with Gasteiger partial charge >= 0.3 is 0 Å². The molecule has 1 saturated carbocycles. The molecule has 1 unspecified atom stereocenters. The number of benzene rings is 1. The summed E-state index contributed by atoms with van der Waals surface area (Å²) in [5.74, 6) is 0.451. The molecule has 1 spiro atoms. The summed E-state index contributed by atoms with van der Waals surface area (Å²) in [6, 6.07) is 3.30. The lowest BCUT2D eigenvalue weighted by molar-refractivity contribution is -0.162. The van der Waals surface area contributed by atoms with E-state index < -0.39 is 17.1 Å². The summed E-state index contributed by atoms with van der Waals surface area (Å²) in [7, 11) is 0. The van der Waals surface area contributed by atoms with Gasteiger partial charge in [-0.25, -0.2) is 0 Å². The van der Waals surface area contributed by atoms with Crippen LogP contribution in [-0.2, 0) is 10.2 Å². The minimum atomic E-state index is -1.05. The number of Topliss-reactive ketones (excluding diaryl/α,β-unsaturated/α-hetero) is 1. The van der Waals surface area contributed by atoms with Gasteiger partial charge in [-0.15, -0.1) is 0 Å². The van der Waals surface area contributed by atoms with Gasteiger partial charge in [-0.1, -0.05) is 6.07 Å². The van der Waals surface area contributed by atoms with Gasteiger partial charge in [0.25, 0.3) is 0 Å². The molecule has 5 nitrogen and oxygen atoms in total. The number of ketones is 1. The normalized spacial score (nSPS) is 39.7. The minimum Gasteiger partial charge on any atom is -0.504 e. The second-order valence-electron chi connectivity index (χ2n) is 6.89. The molecule has 4 rings (SSSR count). The fraction of sp³-hybridized carbons (Fsp3) is 0.588. The highest BCUT2D eigenvalue weighted by atomic mass is 16.5. The number of carbonyl (C=O) groups excluding carboxylic acids is 1. The number of hydrogen-bond donors (Lipinski definition) is 3. The van der Waals surface area contributed by atoms with Crippen molar-refractivity contribution in [3.63, 3.8) is 0 Å². The fourth-order valence-electron chi connectivity index (χ4n) is 4.88. The molecule has 2 aliphatic heterocycles. The van der Waals surface area contributed by atoms with Gasteiger partial charge in [-0.3, -0.25) is 4.79 Å². The highest BCUT2D eigenvalue weighted by molar-refractivity contribution is 5.89. The molecule has 3 aliphatic rings. The lowest BCUT2D eigenvalue weighted by Gasteiger charge is -2.56. The molecule has 3 N–H and O–H groups in total. The monoisotopic (exact) mass is 303 g/mol. The molecule has 0 amide bonds. The Labute approximate surface area is 129 Å². The molecule has 118 valence electrons. The minimum absolute atomic E-state index is 0.0220. The lowest BCUT2D eigenvalue weighted by Crippen LogP contribution is -2.73. The molecule has 2 heterocycles. The zero-order valence-electron chi connectivity index (χ0n) is 12.8. The summed E-state index contributed by atoms with van der Waals surface area (Å²) in [4.78, 5) is 12.5. The maximum atomic E-state index is 12.5. The Balaban J connectivity index is 2.04. The average Bonchev–Trinajstić information content (AvgIpc) is 2.85. The van der Waals surface area contributed by atoms with Crippen LogP contribution in [0.1, 0.15) is 37.3 Å². The number of phenols is 1. The smallest absolute Gasteiger partial charge is 0.174 e. The maximum Gasteiger partial charge on any atom is 0.174 e. The first-order valence-electron chi connectivity index (χ1n) is 7.90. The van der Waals surface area contributed by atoms with Crippen molar-refractivity contribution in [2.24, 2.45) is 0 Å². The Morgan fingerprint density at radius 1 is 1.36 bits per heavy atom. The topological polar surface area (TPSA) is 78.8 Å².